The molecule has 0 spiro atoms. The van der Waals surface area contributed by atoms with Gasteiger partial charge in [-0.05, 0) is 120 Å². The number of carbonyl (C=O) groups is 2. The Balaban J connectivity index is 0.915. The van der Waals surface area contributed by atoms with Crippen molar-refractivity contribution in [3.8, 4) is 11.3 Å². The number of piperazine rings is 1. The summed E-state index contributed by atoms with van der Waals surface area (Å²) in [5.74, 6) is 3.37. The number of benzene rings is 1. The standard InChI is InChI=1S/C41H52N8O3/c1-25(2)49-34-7-5-6-32(39(51)43-24-33-26(3)16-27(4)44-40(33)52)37(34)38(46-49)31-8-9-35(42-23-31)48-14-12-47(13-15-48)11-10-36(50)45-41-20-28-17-29(21-41)19-30(18-28)22-41/h5-9,16,23,25,28-30H,10-15,17-22,24H2,1-4H3,(H,43,51)(H,44,52)(H,45,50). The number of aromatic amines is 1. The van der Waals surface area contributed by atoms with Crippen molar-refractivity contribution in [2.45, 2.75) is 90.8 Å². The molecule has 0 unspecified atom stereocenters. The largest absolute Gasteiger partial charge is 0.354 e. The molecule has 2 amide bonds. The van der Waals surface area contributed by atoms with E-state index in [4.69, 9.17) is 10.1 Å². The van der Waals surface area contributed by atoms with Crippen LogP contribution in [-0.4, -0.2) is 74.7 Å². The predicted octanol–water partition coefficient (Wildman–Crippen LogP) is 5.51. The lowest BCUT2D eigenvalue weighted by atomic mass is 9.53. The fourth-order valence-electron chi connectivity index (χ4n) is 10.1. The van der Waals surface area contributed by atoms with Gasteiger partial charge in [-0.25, -0.2) is 4.98 Å². The van der Waals surface area contributed by atoms with Crippen LogP contribution < -0.4 is 21.1 Å². The molecule has 3 aromatic heterocycles. The van der Waals surface area contributed by atoms with Crippen LogP contribution in [0.3, 0.4) is 0 Å². The highest BCUT2D eigenvalue weighted by Gasteiger charge is 2.51. The Morgan fingerprint density at radius 3 is 2.33 bits per heavy atom. The number of hydrogen-bond donors (Lipinski definition) is 3. The minimum atomic E-state index is -0.262. The molecule has 1 aliphatic heterocycles. The quantitative estimate of drug-likeness (QED) is 0.199. The first-order chi connectivity index (χ1) is 25.0. The number of nitrogens with zero attached hydrogens (tertiary/aromatic N) is 5. The number of aromatic nitrogens is 4. The topological polar surface area (TPSA) is 128 Å². The van der Waals surface area contributed by atoms with Crippen LogP contribution in [-0.2, 0) is 11.3 Å². The Morgan fingerprint density at radius 2 is 1.69 bits per heavy atom. The zero-order chi connectivity index (χ0) is 36.1. The molecule has 52 heavy (non-hydrogen) atoms. The smallest absolute Gasteiger partial charge is 0.253 e. The Morgan fingerprint density at radius 1 is 0.981 bits per heavy atom. The van der Waals surface area contributed by atoms with Gasteiger partial charge in [-0.2, -0.15) is 5.10 Å². The van der Waals surface area contributed by atoms with Gasteiger partial charge in [-0.3, -0.25) is 24.0 Å². The third-order valence-electron chi connectivity index (χ3n) is 12.2. The van der Waals surface area contributed by atoms with Gasteiger partial charge in [0.05, 0.1) is 11.1 Å². The zero-order valence-electron chi connectivity index (χ0n) is 31.0. The molecule has 4 saturated carbocycles. The Hall–Kier alpha value is -4.51. The molecule has 4 aromatic rings. The maximum Gasteiger partial charge on any atom is 0.253 e. The van der Waals surface area contributed by atoms with E-state index in [0.717, 1.165) is 84.0 Å². The highest BCUT2D eigenvalue weighted by molar-refractivity contribution is 6.11. The number of aryl methyl sites for hydroxylation is 2. The second kappa shape index (κ2) is 13.8. The molecular weight excluding hydrogens is 653 g/mol. The lowest BCUT2D eigenvalue weighted by Gasteiger charge is -2.57. The van der Waals surface area contributed by atoms with Gasteiger partial charge in [0.2, 0.25) is 5.91 Å². The van der Waals surface area contributed by atoms with E-state index in [1.165, 1.54) is 38.5 Å². The van der Waals surface area contributed by atoms with Crippen LogP contribution in [0.5, 0.6) is 0 Å². The van der Waals surface area contributed by atoms with Crippen LogP contribution in [0.2, 0.25) is 0 Å². The molecule has 4 aliphatic carbocycles. The van der Waals surface area contributed by atoms with Gasteiger partial charge in [0.1, 0.15) is 11.5 Å². The zero-order valence-corrected chi connectivity index (χ0v) is 31.0. The van der Waals surface area contributed by atoms with Crippen molar-refractivity contribution in [1.82, 2.24) is 35.3 Å². The van der Waals surface area contributed by atoms with E-state index < -0.39 is 0 Å². The van der Waals surface area contributed by atoms with E-state index in [1.807, 2.05) is 61.1 Å². The van der Waals surface area contributed by atoms with Gasteiger partial charge in [0, 0.05) is 85.7 Å². The first kappa shape index (κ1) is 34.6. The number of carbonyl (C=O) groups excluding carboxylic acids is 2. The fraction of sp³-hybridized carbons (Fsp3) is 0.537. The summed E-state index contributed by atoms with van der Waals surface area (Å²) in [6.45, 7) is 12.3. The third kappa shape index (κ3) is 6.75. The minimum Gasteiger partial charge on any atom is -0.354 e. The van der Waals surface area contributed by atoms with Crippen molar-refractivity contribution in [1.29, 1.82) is 0 Å². The van der Waals surface area contributed by atoms with Crippen molar-refractivity contribution in [3.05, 3.63) is 75.3 Å². The van der Waals surface area contributed by atoms with Gasteiger partial charge < -0.3 is 20.5 Å². The summed E-state index contributed by atoms with van der Waals surface area (Å²) in [6.07, 6.45) is 10.2. The Kier molecular flexibility index (Phi) is 9.18. The normalized spacial score (nSPS) is 24.2. The van der Waals surface area contributed by atoms with E-state index in [1.54, 1.807) is 0 Å². The average molecular weight is 705 g/mol. The molecule has 11 nitrogen and oxygen atoms in total. The molecule has 1 aromatic carbocycles. The highest BCUT2D eigenvalue weighted by Crippen LogP contribution is 2.55. The maximum absolute atomic E-state index is 13.7. The first-order valence-corrected chi connectivity index (χ1v) is 19.3. The minimum absolute atomic E-state index is 0.0787. The van der Waals surface area contributed by atoms with Gasteiger partial charge in [-0.15, -0.1) is 0 Å². The van der Waals surface area contributed by atoms with E-state index >= 15 is 0 Å². The van der Waals surface area contributed by atoms with Crippen LogP contribution >= 0.6 is 0 Å². The van der Waals surface area contributed by atoms with Gasteiger partial charge in [-0.1, -0.05) is 6.07 Å². The van der Waals surface area contributed by atoms with Crippen LogP contribution in [0.4, 0.5) is 5.82 Å². The monoisotopic (exact) mass is 704 g/mol. The van der Waals surface area contributed by atoms with Crippen molar-refractivity contribution >= 4 is 28.5 Å². The van der Waals surface area contributed by atoms with Gasteiger partial charge >= 0.3 is 0 Å². The van der Waals surface area contributed by atoms with Crippen LogP contribution in [0, 0.1) is 31.6 Å². The van der Waals surface area contributed by atoms with Crippen molar-refractivity contribution in [2.75, 3.05) is 37.6 Å². The SMILES string of the molecule is Cc1cc(C)c(CNC(=O)c2cccc3c2c(-c2ccc(N4CCN(CCC(=O)NC56CC7CC(CC(C7)C5)C6)CC4)nc2)nn3C(C)C)c(=O)[nH]1. The Bertz CT molecular complexity index is 2000. The second-order valence-electron chi connectivity index (χ2n) is 16.4. The summed E-state index contributed by atoms with van der Waals surface area (Å²) < 4.78 is 1.95. The van der Waals surface area contributed by atoms with Gasteiger partial charge in [0.25, 0.3) is 11.5 Å². The number of anilines is 1. The molecule has 5 aliphatic rings. The molecule has 9 rings (SSSR count). The number of pyridine rings is 2. The van der Waals surface area contributed by atoms with E-state index in [2.05, 4.69) is 39.3 Å². The van der Waals surface area contributed by atoms with Crippen LogP contribution in [0.25, 0.3) is 22.2 Å². The second-order valence-corrected chi connectivity index (χ2v) is 16.4. The summed E-state index contributed by atoms with van der Waals surface area (Å²) in [5, 5.41) is 12.3. The fourth-order valence-corrected chi connectivity index (χ4v) is 10.1. The van der Waals surface area contributed by atoms with E-state index in [0.29, 0.717) is 23.2 Å². The molecule has 1 saturated heterocycles. The molecule has 0 atom stereocenters. The van der Waals surface area contributed by atoms with E-state index in [9.17, 15) is 14.4 Å². The average Bonchev–Trinajstić information content (AvgIpc) is 3.50. The first-order valence-electron chi connectivity index (χ1n) is 19.3. The van der Waals surface area contributed by atoms with Crippen molar-refractivity contribution in [2.24, 2.45) is 17.8 Å². The number of H-pyrrole nitrogens is 1. The summed E-state index contributed by atoms with van der Waals surface area (Å²) in [5.41, 5.74) is 4.99. The van der Waals surface area contributed by atoms with Crippen molar-refractivity contribution in [3.63, 3.8) is 0 Å². The lowest BCUT2D eigenvalue weighted by molar-refractivity contribution is -0.127. The molecule has 0 radical (unpaired) electrons. The number of fused-ring (bicyclic) bond motifs is 1. The molecule has 274 valence electrons. The van der Waals surface area contributed by atoms with Gasteiger partial charge in [0.15, 0.2) is 0 Å². The van der Waals surface area contributed by atoms with Crippen LogP contribution in [0.1, 0.15) is 92.0 Å². The molecule has 3 N–H and O–H groups in total. The van der Waals surface area contributed by atoms with E-state index in [-0.39, 0.29) is 35.5 Å². The molecule has 4 bridgehead atoms. The summed E-state index contributed by atoms with van der Waals surface area (Å²) in [6, 6.07) is 11.8. The summed E-state index contributed by atoms with van der Waals surface area (Å²) in [4.78, 5) is 51.8. The van der Waals surface area contributed by atoms with Crippen LogP contribution in [0.15, 0.2) is 47.4 Å². The number of nitrogens with one attached hydrogen (secondary N) is 3. The molecule has 5 fully saturated rings. The maximum atomic E-state index is 13.7. The molecule has 11 heteroatoms. The highest BCUT2D eigenvalue weighted by atomic mass is 16.2. The number of rotatable bonds is 10. The number of amides is 2. The Labute approximate surface area is 305 Å². The number of hydrogen-bond acceptors (Lipinski definition) is 7. The summed E-state index contributed by atoms with van der Waals surface area (Å²) >= 11 is 0. The lowest BCUT2D eigenvalue weighted by Crippen LogP contribution is -2.60. The molecule has 4 heterocycles. The molecular formula is C41H52N8O3. The predicted molar refractivity (Wildman–Crippen MR) is 203 cm³/mol. The summed E-state index contributed by atoms with van der Waals surface area (Å²) in [7, 11) is 0. The van der Waals surface area contributed by atoms with Crippen molar-refractivity contribution < 1.29 is 9.59 Å². The third-order valence-corrected chi connectivity index (χ3v) is 12.2.